The monoisotopic (exact) mass is 371 g/mol. The van der Waals surface area contributed by atoms with Crippen LogP contribution in [0.2, 0.25) is 0 Å². The first-order valence-corrected chi connectivity index (χ1v) is 9.32. The second-order valence-corrected chi connectivity index (χ2v) is 7.11. The molecule has 1 saturated heterocycles. The average Bonchev–Trinajstić information content (AvgIpc) is 3.10. The van der Waals surface area contributed by atoms with E-state index in [1.807, 2.05) is 4.90 Å². The van der Waals surface area contributed by atoms with Crippen LogP contribution >= 0.6 is 0 Å². The van der Waals surface area contributed by atoms with E-state index in [2.05, 4.69) is 22.3 Å². The van der Waals surface area contributed by atoms with Crippen LogP contribution in [0.25, 0.3) is 11.4 Å². The Kier molecular flexibility index (Phi) is 5.83. The maximum absolute atomic E-state index is 12.5. The van der Waals surface area contributed by atoms with E-state index in [1.54, 1.807) is 38.1 Å². The van der Waals surface area contributed by atoms with Crippen molar-refractivity contribution in [3.63, 3.8) is 0 Å². The molecule has 0 bridgehead atoms. The van der Waals surface area contributed by atoms with Crippen LogP contribution in [0.3, 0.4) is 0 Å². The third kappa shape index (κ3) is 4.69. The molecule has 0 unspecified atom stereocenters. The summed E-state index contributed by atoms with van der Waals surface area (Å²) in [6.07, 6.45) is 3.03. The topological polar surface area (TPSA) is 90.2 Å². The molecule has 0 N–H and O–H groups in total. The summed E-state index contributed by atoms with van der Waals surface area (Å²) < 4.78 is 5.21. The molecule has 0 radical (unpaired) electrons. The number of aromatic nitrogens is 4. The number of carbonyl (C=O) groups excluding carboxylic acids is 2. The third-order valence-corrected chi connectivity index (χ3v) is 4.55. The second-order valence-electron chi connectivity index (χ2n) is 7.11. The highest BCUT2D eigenvalue weighted by Crippen LogP contribution is 2.18. The lowest BCUT2D eigenvalue weighted by Crippen LogP contribution is -2.43. The van der Waals surface area contributed by atoms with Crippen molar-refractivity contribution in [1.29, 1.82) is 0 Å². The van der Waals surface area contributed by atoms with Crippen LogP contribution in [0.4, 0.5) is 0 Å². The molecular formula is C19H25N5O3. The van der Waals surface area contributed by atoms with Crippen molar-refractivity contribution in [2.45, 2.75) is 58.7 Å². The summed E-state index contributed by atoms with van der Waals surface area (Å²) in [7, 11) is 0. The number of hydrogen-bond acceptors (Lipinski definition) is 6. The van der Waals surface area contributed by atoms with Gasteiger partial charge in [-0.3, -0.25) is 4.79 Å². The van der Waals surface area contributed by atoms with Crippen molar-refractivity contribution in [2.24, 2.45) is 0 Å². The molecule has 1 atom stereocenters. The maximum atomic E-state index is 12.5. The molecule has 27 heavy (non-hydrogen) atoms. The molecule has 0 aliphatic carbocycles. The molecule has 1 fully saturated rings. The summed E-state index contributed by atoms with van der Waals surface area (Å²) in [5.74, 6) is -0.0254. The molecule has 8 heteroatoms. The molecule has 2 heterocycles. The average molecular weight is 371 g/mol. The molecule has 1 aromatic carbocycles. The normalized spacial score (nSPS) is 17.2. The first-order chi connectivity index (χ1) is 12.9. The lowest BCUT2D eigenvalue weighted by atomic mass is 10.0. The van der Waals surface area contributed by atoms with Crippen LogP contribution in [-0.2, 0) is 16.1 Å². The minimum Gasteiger partial charge on any atom is -0.459 e. The first kappa shape index (κ1) is 19.0. The smallest absolute Gasteiger partial charge is 0.338 e. The van der Waals surface area contributed by atoms with Gasteiger partial charge in [-0.1, -0.05) is 12.1 Å². The molecule has 3 rings (SSSR count). The fraction of sp³-hybridized carbons (Fsp3) is 0.526. The van der Waals surface area contributed by atoms with Gasteiger partial charge < -0.3 is 9.64 Å². The number of hydrogen-bond donors (Lipinski definition) is 0. The van der Waals surface area contributed by atoms with Crippen LogP contribution in [0.5, 0.6) is 0 Å². The first-order valence-electron chi connectivity index (χ1n) is 9.32. The van der Waals surface area contributed by atoms with E-state index in [9.17, 15) is 9.59 Å². The van der Waals surface area contributed by atoms with Crippen LogP contribution in [0, 0.1) is 0 Å². The quantitative estimate of drug-likeness (QED) is 0.749. The Hall–Kier alpha value is -2.77. The maximum Gasteiger partial charge on any atom is 0.338 e. The minimum atomic E-state index is -0.395. The summed E-state index contributed by atoms with van der Waals surface area (Å²) in [5, 5.41) is 12.3. The summed E-state index contributed by atoms with van der Waals surface area (Å²) >= 11 is 0. The van der Waals surface area contributed by atoms with Crippen LogP contribution in [0.1, 0.15) is 50.4 Å². The van der Waals surface area contributed by atoms with Crippen LogP contribution in [-0.4, -0.2) is 55.7 Å². The van der Waals surface area contributed by atoms with Gasteiger partial charge in [0.2, 0.25) is 11.7 Å². The Morgan fingerprint density at radius 3 is 2.85 bits per heavy atom. The summed E-state index contributed by atoms with van der Waals surface area (Å²) in [5.41, 5.74) is 1.08. The molecule has 144 valence electrons. The van der Waals surface area contributed by atoms with Gasteiger partial charge in [0.25, 0.3) is 0 Å². The van der Waals surface area contributed by atoms with E-state index < -0.39 is 5.97 Å². The SMILES string of the molecule is CC(C)OC(=O)c1cccc(-c2nnn(CC(=O)N3CCCC[C@@H]3C)n2)c1. The van der Waals surface area contributed by atoms with Crippen molar-refractivity contribution >= 4 is 11.9 Å². The lowest BCUT2D eigenvalue weighted by molar-refractivity contribution is -0.135. The number of ether oxygens (including phenoxy) is 1. The van der Waals surface area contributed by atoms with E-state index >= 15 is 0 Å². The van der Waals surface area contributed by atoms with Gasteiger partial charge in [0.1, 0.15) is 6.54 Å². The highest BCUT2D eigenvalue weighted by molar-refractivity contribution is 5.90. The second kappa shape index (κ2) is 8.28. The molecule has 1 aromatic heterocycles. The molecule has 8 nitrogen and oxygen atoms in total. The van der Waals surface area contributed by atoms with E-state index in [0.29, 0.717) is 17.0 Å². The Balaban J connectivity index is 1.70. The highest BCUT2D eigenvalue weighted by Gasteiger charge is 2.24. The lowest BCUT2D eigenvalue weighted by Gasteiger charge is -2.33. The van der Waals surface area contributed by atoms with Gasteiger partial charge in [-0.15, -0.1) is 10.2 Å². The van der Waals surface area contributed by atoms with Crippen molar-refractivity contribution in [3.05, 3.63) is 29.8 Å². The Morgan fingerprint density at radius 1 is 1.30 bits per heavy atom. The van der Waals surface area contributed by atoms with Crippen molar-refractivity contribution in [3.8, 4) is 11.4 Å². The van der Waals surface area contributed by atoms with Crippen molar-refractivity contribution < 1.29 is 14.3 Å². The summed E-state index contributed by atoms with van der Waals surface area (Å²) in [6, 6.07) is 7.13. The molecule has 0 saturated carbocycles. The number of tetrazole rings is 1. The summed E-state index contributed by atoms with van der Waals surface area (Å²) in [6.45, 7) is 6.51. The van der Waals surface area contributed by atoms with Gasteiger partial charge in [-0.05, 0) is 57.4 Å². The molecular weight excluding hydrogens is 346 g/mol. The van der Waals surface area contributed by atoms with Crippen LogP contribution < -0.4 is 0 Å². The van der Waals surface area contributed by atoms with Gasteiger partial charge in [-0.2, -0.15) is 4.80 Å². The predicted molar refractivity (Wildman–Crippen MR) is 98.8 cm³/mol. The van der Waals surface area contributed by atoms with Crippen molar-refractivity contribution in [1.82, 2.24) is 25.1 Å². The number of likely N-dealkylation sites (tertiary alicyclic amines) is 1. The molecule has 2 aromatic rings. The Labute approximate surface area is 158 Å². The standard InChI is InChI=1S/C19H25N5O3/c1-13(2)27-19(26)16-9-6-8-15(11-16)18-20-22-24(21-18)12-17(25)23-10-5-4-7-14(23)3/h6,8-9,11,13-14H,4-5,7,10,12H2,1-3H3/t14-/m0/s1. The molecule has 1 aliphatic rings. The number of carbonyl (C=O) groups is 2. The van der Waals surface area contributed by atoms with E-state index in [1.165, 1.54) is 4.80 Å². The van der Waals surface area contributed by atoms with Crippen molar-refractivity contribution in [2.75, 3.05) is 6.54 Å². The van der Waals surface area contributed by atoms with Crippen LogP contribution in [0.15, 0.2) is 24.3 Å². The zero-order chi connectivity index (χ0) is 19.4. The van der Waals surface area contributed by atoms with Gasteiger partial charge in [-0.25, -0.2) is 4.79 Å². The van der Waals surface area contributed by atoms with Gasteiger partial charge in [0.05, 0.1) is 11.7 Å². The van der Waals surface area contributed by atoms with E-state index in [0.717, 1.165) is 25.8 Å². The minimum absolute atomic E-state index is 0.000381. The largest absolute Gasteiger partial charge is 0.459 e. The number of esters is 1. The zero-order valence-electron chi connectivity index (χ0n) is 16.0. The Bertz CT molecular complexity index is 817. The third-order valence-electron chi connectivity index (χ3n) is 4.55. The molecule has 1 amide bonds. The van der Waals surface area contributed by atoms with Gasteiger partial charge in [0, 0.05) is 18.2 Å². The Morgan fingerprint density at radius 2 is 2.11 bits per heavy atom. The fourth-order valence-corrected chi connectivity index (χ4v) is 3.17. The highest BCUT2D eigenvalue weighted by atomic mass is 16.5. The van der Waals surface area contributed by atoms with E-state index in [-0.39, 0.29) is 24.6 Å². The number of amides is 1. The predicted octanol–water partition coefficient (Wildman–Crippen LogP) is 2.31. The zero-order valence-corrected chi connectivity index (χ0v) is 16.0. The number of nitrogens with zero attached hydrogens (tertiary/aromatic N) is 5. The molecule has 0 spiro atoms. The van der Waals surface area contributed by atoms with Gasteiger partial charge >= 0.3 is 5.97 Å². The van der Waals surface area contributed by atoms with Gasteiger partial charge in [0.15, 0.2) is 0 Å². The summed E-state index contributed by atoms with van der Waals surface area (Å²) in [4.78, 5) is 27.8. The number of piperidine rings is 1. The number of rotatable bonds is 5. The fourth-order valence-electron chi connectivity index (χ4n) is 3.17. The van der Waals surface area contributed by atoms with E-state index in [4.69, 9.17) is 4.74 Å². The number of benzene rings is 1. The molecule has 1 aliphatic heterocycles.